The summed E-state index contributed by atoms with van der Waals surface area (Å²) in [6, 6.07) is 8.33. The number of imidazole rings is 1. The van der Waals surface area contributed by atoms with Gasteiger partial charge < -0.3 is 20.3 Å². The fourth-order valence-electron chi connectivity index (χ4n) is 3.71. The fraction of sp³-hybridized carbons (Fsp3) is 0.182. The molecule has 1 amide bonds. The van der Waals surface area contributed by atoms with Crippen molar-refractivity contribution in [1.82, 2.24) is 24.7 Å². The molecule has 0 aliphatic carbocycles. The summed E-state index contributed by atoms with van der Waals surface area (Å²) in [4.78, 5) is 26.8. The maximum atomic E-state index is 14.1. The van der Waals surface area contributed by atoms with E-state index in [1.54, 1.807) is 40.8 Å². The molecule has 9 nitrogen and oxygen atoms in total. The van der Waals surface area contributed by atoms with Gasteiger partial charge in [0.25, 0.3) is 0 Å². The third-order valence-electron chi connectivity index (χ3n) is 5.31. The van der Waals surface area contributed by atoms with E-state index >= 15 is 0 Å². The van der Waals surface area contributed by atoms with E-state index in [4.69, 9.17) is 16.3 Å². The van der Waals surface area contributed by atoms with Gasteiger partial charge in [-0.2, -0.15) is 0 Å². The molecule has 0 radical (unpaired) electrons. The van der Waals surface area contributed by atoms with Crippen LogP contribution in [0.15, 0.2) is 48.9 Å². The van der Waals surface area contributed by atoms with Gasteiger partial charge in [0.05, 0.1) is 42.5 Å². The molecule has 1 aromatic carbocycles. The summed E-state index contributed by atoms with van der Waals surface area (Å²) in [7, 11) is 1.55. The number of hydrogen-bond acceptors (Lipinski definition) is 7. The summed E-state index contributed by atoms with van der Waals surface area (Å²) < 4.78 is 21.2. The number of anilines is 3. The third kappa shape index (κ3) is 3.94. The summed E-state index contributed by atoms with van der Waals surface area (Å²) in [5, 5.41) is 6.48. The molecule has 0 spiro atoms. The number of carbonyl (C=O) groups excluding carboxylic acids is 1. The Labute approximate surface area is 193 Å². The van der Waals surface area contributed by atoms with Crippen LogP contribution >= 0.6 is 11.6 Å². The van der Waals surface area contributed by atoms with Crippen LogP contribution < -0.4 is 20.3 Å². The predicted octanol–water partition coefficient (Wildman–Crippen LogP) is 3.27. The van der Waals surface area contributed by atoms with Gasteiger partial charge in [-0.05, 0) is 24.3 Å². The van der Waals surface area contributed by atoms with Crippen LogP contribution in [0.5, 0.6) is 5.75 Å². The number of halogens is 2. The van der Waals surface area contributed by atoms with Crippen LogP contribution in [0.3, 0.4) is 0 Å². The Hall–Kier alpha value is -3.76. The minimum absolute atomic E-state index is 0.000779. The number of piperazine rings is 1. The van der Waals surface area contributed by atoms with Gasteiger partial charge in [0.15, 0.2) is 11.5 Å². The van der Waals surface area contributed by atoms with Gasteiger partial charge in [0.1, 0.15) is 11.4 Å². The van der Waals surface area contributed by atoms with Gasteiger partial charge in [-0.15, -0.1) is 0 Å². The van der Waals surface area contributed by atoms with Crippen molar-refractivity contribution in [3.05, 3.63) is 59.8 Å². The normalized spacial score (nSPS) is 14.0. The second kappa shape index (κ2) is 8.64. The lowest BCUT2D eigenvalue weighted by atomic mass is 10.2. The van der Waals surface area contributed by atoms with Gasteiger partial charge in [0.2, 0.25) is 11.9 Å². The molecule has 1 saturated heterocycles. The van der Waals surface area contributed by atoms with Crippen LogP contribution in [0.4, 0.5) is 21.7 Å². The van der Waals surface area contributed by atoms with Crippen LogP contribution in [0.1, 0.15) is 0 Å². The number of nitrogens with one attached hydrogen (secondary N) is 2. The molecule has 1 aliphatic heterocycles. The number of carbonyl (C=O) groups is 1. The van der Waals surface area contributed by atoms with Gasteiger partial charge in [-0.3, -0.25) is 9.20 Å². The number of aromatic nitrogens is 4. The molecule has 33 heavy (non-hydrogen) atoms. The van der Waals surface area contributed by atoms with Crippen LogP contribution in [0.25, 0.3) is 17.0 Å². The number of pyridine rings is 1. The highest BCUT2D eigenvalue weighted by atomic mass is 35.5. The molecule has 2 N–H and O–H groups in total. The SMILES string of the molecule is COc1cc(N2CCNCC2=O)ccc1Nc1ncc(Cl)c(-c2cnc3c(F)cccn23)n1. The van der Waals surface area contributed by atoms with Gasteiger partial charge >= 0.3 is 0 Å². The molecule has 3 aromatic heterocycles. The monoisotopic (exact) mass is 467 g/mol. The Morgan fingerprint density at radius 1 is 1.24 bits per heavy atom. The zero-order valence-corrected chi connectivity index (χ0v) is 18.3. The second-order valence-corrected chi connectivity index (χ2v) is 7.72. The van der Waals surface area contributed by atoms with Crippen molar-refractivity contribution in [2.75, 3.05) is 37.0 Å². The number of fused-ring (bicyclic) bond motifs is 1. The van der Waals surface area contributed by atoms with Crippen molar-refractivity contribution in [3.8, 4) is 17.1 Å². The maximum Gasteiger partial charge on any atom is 0.240 e. The van der Waals surface area contributed by atoms with E-state index in [0.29, 0.717) is 40.9 Å². The van der Waals surface area contributed by atoms with E-state index in [-0.39, 0.29) is 17.5 Å². The molecular weight excluding hydrogens is 449 g/mol. The van der Waals surface area contributed by atoms with Crippen molar-refractivity contribution in [2.24, 2.45) is 0 Å². The minimum atomic E-state index is -0.444. The lowest BCUT2D eigenvalue weighted by Crippen LogP contribution is -2.48. The average molecular weight is 468 g/mol. The molecule has 5 rings (SSSR count). The van der Waals surface area contributed by atoms with E-state index in [2.05, 4.69) is 25.6 Å². The molecular formula is C22H19ClFN7O2. The van der Waals surface area contributed by atoms with Crippen LogP contribution in [-0.2, 0) is 4.79 Å². The average Bonchev–Trinajstić information content (AvgIpc) is 3.26. The van der Waals surface area contributed by atoms with E-state index in [0.717, 1.165) is 12.2 Å². The van der Waals surface area contributed by atoms with Gasteiger partial charge in [-0.1, -0.05) is 11.6 Å². The number of hydrogen-bond donors (Lipinski definition) is 2. The van der Waals surface area contributed by atoms with E-state index in [9.17, 15) is 9.18 Å². The lowest BCUT2D eigenvalue weighted by molar-refractivity contribution is -0.118. The quantitative estimate of drug-likeness (QED) is 0.465. The Balaban J connectivity index is 1.47. The first kappa shape index (κ1) is 21.1. The summed E-state index contributed by atoms with van der Waals surface area (Å²) in [6.07, 6.45) is 4.66. The van der Waals surface area contributed by atoms with Crippen LogP contribution in [0.2, 0.25) is 5.02 Å². The number of nitrogens with zero attached hydrogens (tertiary/aromatic N) is 5. The molecule has 4 heterocycles. The molecule has 0 unspecified atom stereocenters. The fourth-order valence-corrected chi connectivity index (χ4v) is 3.90. The zero-order valence-electron chi connectivity index (χ0n) is 17.5. The first-order chi connectivity index (χ1) is 16.0. The highest BCUT2D eigenvalue weighted by Crippen LogP contribution is 2.33. The number of benzene rings is 1. The van der Waals surface area contributed by atoms with Crippen molar-refractivity contribution in [3.63, 3.8) is 0 Å². The molecule has 0 saturated carbocycles. The molecule has 168 valence electrons. The van der Waals surface area contributed by atoms with E-state index < -0.39 is 5.82 Å². The summed E-state index contributed by atoms with van der Waals surface area (Å²) in [5.74, 6) is 0.347. The molecule has 4 aromatic rings. The number of rotatable bonds is 5. The van der Waals surface area contributed by atoms with Crippen molar-refractivity contribution < 1.29 is 13.9 Å². The zero-order chi connectivity index (χ0) is 22.9. The summed E-state index contributed by atoms with van der Waals surface area (Å²) in [5.41, 5.74) is 2.46. The molecule has 0 bridgehead atoms. The Kier molecular flexibility index (Phi) is 5.53. The molecule has 0 atom stereocenters. The highest BCUT2D eigenvalue weighted by Gasteiger charge is 2.21. The maximum absolute atomic E-state index is 14.1. The van der Waals surface area contributed by atoms with Gasteiger partial charge in [-0.25, -0.2) is 19.3 Å². The van der Waals surface area contributed by atoms with E-state index in [1.807, 2.05) is 6.07 Å². The second-order valence-electron chi connectivity index (χ2n) is 7.32. The lowest BCUT2D eigenvalue weighted by Gasteiger charge is -2.28. The summed E-state index contributed by atoms with van der Waals surface area (Å²) in [6.45, 7) is 1.61. The van der Waals surface area contributed by atoms with Crippen molar-refractivity contribution in [2.45, 2.75) is 0 Å². The number of ether oxygens (including phenoxy) is 1. The number of methoxy groups -OCH3 is 1. The van der Waals surface area contributed by atoms with E-state index in [1.165, 1.54) is 18.5 Å². The molecule has 1 fully saturated rings. The Morgan fingerprint density at radius 3 is 2.94 bits per heavy atom. The van der Waals surface area contributed by atoms with Crippen LogP contribution in [-0.4, -0.2) is 52.0 Å². The smallest absolute Gasteiger partial charge is 0.240 e. The first-order valence-corrected chi connectivity index (χ1v) is 10.5. The first-order valence-electron chi connectivity index (χ1n) is 10.2. The predicted molar refractivity (Wildman–Crippen MR) is 123 cm³/mol. The van der Waals surface area contributed by atoms with Crippen molar-refractivity contribution >= 4 is 40.5 Å². The summed E-state index contributed by atoms with van der Waals surface area (Å²) >= 11 is 6.35. The number of amides is 1. The largest absolute Gasteiger partial charge is 0.494 e. The standard InChI is InChI=1S/C22H19ClFN7O2/c1-33-18-9-13(30-8-6-25-12-19(30)32)4-5-16(18)28-22-27-10-14(23)20(29-22)17-11-26-21-15(24)3-2-7-31(17)21/h2-5,7,9-11,25H,6,8,12H2,1H3,(H,27,28,29). The van der Waals surface area contributed by atoms with Crippen molar-refractivity contribution in [1.29, 1.82) is 0 Å². The molecule has 11 heteroatoms. The Bertz CT molecular complexity index is 1360. The Morgan fingerprint density at radius 2 is 2.12 bits per heavy atom. The molecule has 1 aliphatic rings. The highest BCUT2D eigenvalue weighted by molar-refractivity contribution is 6.32. The third-order valence-corrected chi connectivity index (χ3v) is 5.58. The van der Waals surface area contributed by atoms with Crippen LogP contribution in [0, 0.1) is 5.82 Å². The minimum Gasteiger partial charge on any atom is -0.494 e. The van der Waals surface area contributed by atoms with Gasteiger partial charge in [0, 0.05) is 31.0 Å². The topological polar surface area (TPSA) is 96.7 Å².